The monoisotopic (exact) mass is 436 g/mol. The van der Waals surface area contributed by atoms with Crippen LogP contribution in [0.25, 0.3) is 5.65 Å². The summed E-state index contributed by atoms with van der Waals surface area (Å²) in [4.78, 5) is 30.6. The summed E-state index contributed by atoms with van der Waals surface area (Å²) in [5, 5.41) is 2.93. The number of imidazole rings is 1. The number of hydrogen-bond acceptors (Lipinski definition) is 5. The van der Waals surface area contributed by atoms with Crippen molar-refractivity contribution in [3.05, 3.63) is 66.1 Å². The molecule has 2 aromatic heterocycles. The Balaban J connectivity index is 1.27. The molecule has 2 amide bonds. The minimum Gasteiger partial charge on any atom is -0.489 e. The molecule has 4 rings (SSSR count). The number of benzene rings is 1. The molecule has 1 saturated heterocycles. The summed E-state index contributed by atoms with van der Waals surface area (Å²) in [5.41, 5.74) is 1.86. The predicted molar refractivity (Wildman–Crippen MR) is 120 cm³/mol. The number of pyridine rings is 1. The number of aromatic nitrogens is 2. The molecule has 3 heterocycles. The summed E-state index contributed by atoms with van der Waals surface area (Å²) >= 11 is 0. The summed E-state index contributed by atoms with van der Waals surface area (Å²) < 4.78 is 13.3. The summed E-state index contributed by atoms with van der Waals surface area (Å²) in [7, 11) is 0. The van der Waals surface area contributed by atoms with Gasteiger partial charge in [0.2, 0.25) is 0 Å². The van der Waals surface area contributed by atoms with Crippen LogP contribution in [-0.2, 0) is 11.3 Å². The van der Waals surface area contributed by atoms with E-state index in [1.807, 2.05) is 49.7 Å². The third kappa shape index (κ3) is 5.38. The van der Waals surface area contributed by atoms with E-state index in [-0.39, 0.29) is 18.1 Å². The van der Waals surface area contributed by atoms with Gasteiger partial charge in [-0.1, -0.05) is 0 Å². The Morgan fingerprint density at radius 1 is 1.16 bits per heavy atom. The lowest BCUT2D eigenvalue weighted by atomic mass is 10.2. The quantitative estimate of drug-likeness (QED) is 0.660. The Labute approximate surface area is 187 Å². The van der Waals surface area contributed by atoms with Crippen LogP contribution in [0.5, 0.6) is 5.75 Å². The first-order valence-corrected chi connectivity index (χ1v) is 10.7. The zero-order valence-corrected chi connectivity index (χ0v) is 18.6. The minimum absolute atomic E-state index is 0.0974. The molecule has 8 heteroatoms. The second kappa shape index (κ2) is 8.90. The molecule has 0 aliphatic carbocycles. The van der Waals surface area contributed by atoms with Gasteiger partial charge in [-0.15, -0.1) is 0 Å². The number of hydrogen-bond donors (Lipinski definition) is 1. The molecule has 8 nitrogen and oxygen atoms in total. The molecule has 0 bridgehead atoms. The summed E-state index contributed by atoms with van der Waals surface area (Å²) in [5.74, 6) is 0.513. The van der Waals surface area contributed by atoms with E-state index in [0.29, 0.717) is 30.9 Å². The zero-order chi connectivity index (χ0) is 22.7. The van der Waals surface area contributed by atoms with Crippen molar-refractivity contribution in [3.63, 3.8) is 0 Å². The SMILES string of the molecule is CC(C)(C)OC(=O)N1CCC(Oc2ccc(C(=O)NCc3ccn4ccnc4c3)cc2)C1. The highest BCUT2D eigenvalue weighted by Crippen LogP contribution is 2.21. The van der Waals surface area contributed by atoms with Gasteiger partial charge in [-0.25, -0.2) is 9.78 Å². The molecule has 32 heavy (non-hydrogen) atoms. The van der Waals surface area contributed by atoms with Crippen molar-refractivity contribution < 1.29 is 19.1 Å². The molecule has 168 valence electrons. The molecular weight excluding hydrogens is 408 g/mol. The van der Waals surface area contributed by atoms with Gasteiger partial charge in [0.15, 0.2) is 0 Å². The largest absolute Gasteiger partial charge is 0.489 e. The molecule has 1 fully saturated rings. The standard InChI is InChI=1S/C24H28N4O4/c1-24(2,3)32-23(30)28-12-9-20(16-28)31-19-6-4-18(5-7-19)22(29)26-15-17-8-11-27-13-10-25-21(27)14-17/h4-8,10-11,13-14,20H,9,12,15-16H2,1-3H3,(H,26,29). The lowest BCUT2D eigenvalue weighted by Crippen LogP contribution is -2.36. The van der Waals surface area contributed by atoms with Crippen LogP contribution in [0, 0.1) is 0 Å². The van der Waals surface area contributed by atoms with Gasteiger partial charge < -0.3 is 24.1 Å². The van der Waals surface area contributed by atoms with Crippen LogP contribution in [0.15, 0.2) is 55.0 Å². The van der Waals surface area contributed by atoms with Crippen molar-refractivity contribution in [2.45, 2.75) is 45.4 Å². The predicted octanol–water partition coefficient (Wildman–Crippen LogP) is 3.65. The third-order valence-electron chi connectivity index (χ3n) is 5.13. The topological polar surface area (TPSA) is 85.2 Å². The van der Waals surface area contributed by atoms with E-state index in [0.717, 1.165) is 17.6 Å². The molecule has 0 spiro atoms. The van der Waals surface area contributed by atoms with Gasteiger partial charge in [-0.2, -0.15) is 0 Å². The van der Waals surface area contributed by atoms with E-state index in [4.69, 9.17) is 9.47 Å². The average molecular weight is 437 g/mol. The van der Waals surface area contributed by atoms with Gasteiger partial charge in [-0.05, 0) is 62.7 Å². The number of fused-ring (bicyclic) bond motifs is 1. The lowest BCUT2D eigenvalue weighted by molar-refractivity contribution is 0.0275. The lowest BCUT2D eigenvalue weighted by Gasteiger charge is -2.24. The molecule has 1 unspecified atom stereocenters. The highest BCUT2D eigenvalue weighted by atomic mass is 16.6. The highest BCUT2D eigenvalue weighted by Gasteiger charge is 2.30. The van der Waals surface area contributed by atoms with Crippen LogP contribution in [0.2, 0.25) is 0 Å². The molecule has 0 radical (unpaired) electrons. The first kappa shape index (κ1) is 21.7. The summed E-state index contributed by atoms with van der Waals surface area (Å²) in [6, 6.07) is 10.9. The van der Waals surface area contributed by atoms with Gasteiger partial charge in [0, 0.05) is 43.7 Å². The number of carbonyl (C=O) groups is 2. The zero-order valence-electron chi connectivity index (χ0n) is 18.6. The van der Waals surface area contributed by atoms with Gasteiger partial charge >= 0.3 is 6.09 Å². The Morgan fingerprint density at radius 3 is 2.69 bits per heavy atom. The molecule has 0 saturated carbocycles. The van der Waals surface area contributed by atoms with Gasteiger partial charge in [0.25, 0.3) is 5.91 Å². The van der Waals surface area contributed by atoms with Crippen molar-refractivity contribution in [3.8, 4) is 5.75 Å². The molecule has 1 aliphatic heterocycles. The van der Waals surface area contributed by atoms with Crippen molar-refractivity contribution >= 4 is 17.6 Å². The van der Waals surface area contributed by atoms with Crippen molar-refractivity contribution in [1.82, 2.24) is 19.6 Å². The van der Waals surface area contributed by atoms with E-state index in [9.17, 15) is 9.59 Å². The van der Waals surface area contributed by atoms with Crippen molar-refractivity contribution in [2.24, 2.45) is 0 Å². The van der Waals surface area contributed by atoms with E-state index >= 15 is 0 Å². The van der Waals surface area contributed by atoms with Gasteiger partial charge in [-0.3, -0.25) is 4.79 Å². The molecule has 1 aliphatic rings. The van der Waals surface area contributed by atoms with Crippen LogP contribution < -0.4 is 10.1 Å². The van der Waals surface area contributed by atoms with Crippen LogP contribution in [0.1, 0.15) is 43.1 Å². The number of rotatable bonds is 5. The van der Waals surface area contributed by atoms with Crippen molar-refractivity contribution in [1.29, 1.82) is 0 Å². The average Bonchev–Trinajstić information content (AvgIpc) is 3.40. The first-order valence-electron chi connectivity index (χ1n) is 10.7. The highest BCUT2D eigenvalue weighted by molar-refractivity contribution is 5.94. The van der Waals surface area contributed by atoms with Crippen LogP contribution >= 0.6 is 0 Å². The van der Waals surface area contributed by atoms with Crippen LogP contribution in [0.3, 0.4) is 0 Å². The van der Waals surface area contributed by atoms with E-state index in [1.165, 1.54) is 0 Å². The van der Waals surface area contributed by atoms with E-state index in [1.54, 1.807) is 35.4 Å². The third-order valence-corrected chi connectivity index (χ3v) is 5.13. The fourth-order valence-corrected chi connectivity index (χ4v) is 3.54. The van der Waals surface area contributed by atoms with Crippen molar-refractivity contribution in [2.75, 3.05) is 13.1 Å². The number of nitrogens with one attached hydrogen (secondary N) is 1. The number of carbonyl (C=O) groups excluding carboxylic acids is 2. The van der Waals surface area contributed by atoms with E-state index < -0.39 is 5.60 Å². The number of ether oxygens (including phenoxy) is 2. The molecule has 1 atom stereocenters. The Bertz CT molecular complexity index is 1100. The van der Waals surface area contributed by atoms with Crippen LogP contribution in [-0.4, -0.2) is 51.1 Å². The van der Waals surface area contributed by atoms with Gasteiger partial charge in [0.1, 0.15) is 23.1 Å². The second-order valence-electron chi connectivity index (χ2n) is 8.89. The van der Waals surface area contributed by atoms with Crippen LogP contribution in [0.4, 0.5) is 4.79 Å². The summed E-state index contributed by atoms with van der Waals surface area (Å²) in [6.45, 7) is 7.06. The Hall–Kier alpha value is -3.55. The maximum atomic E-state index is 12.5. The first-order chi connectivity index (χ1) is 15.3. The number of nitrogens with zero attached hydrogens (tertiary/aromatic N) is 3. The molecule has 3 aromatic rings. The van der Waals surface area contributed by atoms with Gasteiger partial charge in [0.05, 0.1) is 6.54 Å². The maximum Gasteiger partial charge on any atom is 0.410 e. The molecule has 1 N–H and O–H groups in total. The normalized spacial score (nSPS) is 16.2. The van der Waals surface area contributed by atoms with E-state index in [2.05, 4.69) is 10.3 Å². The molecule has 1 aromatic carbocycles. The smallest absolute Gasteiger partial charge is 0.410 e. The molecular formula is C24H28N4O4. The fraction of sp³-hybridized carbons (Fsp3) is 0.375. The Kier molecular flexibility index (Phi) is 6.03. The minimum atomic E-state index is -0.515. The second-order valence-corrected chi connectivity index (χ2v) is 8.89. The number of amides is 2. The fourth-order valence-electron chi connectivity index (χ4n) is 3.54. The Morgan fingerprint density at radius 2 is 1.94 bits per heavy atom. The maximum absolute atomic E-state index is 12.5. The number of likely N-dealkylation sites (tertiary alicyclic amines) is 1. The summed E-state index contributed by atoms with van der Waals surface area (Å²) in [6.07, 6.45) is 5.86.